The highest BCUT2D eigenvalue weighted by molar-refractivity contribution is 8.04. The van der Waals surface area contributed by atoms with Crippen LogP contribution in [-0.2, 0) is 4.43 Å². The van der Waals surface area contributed by atoms with E-state index in [2.05, 4.69) is 72.2 Å². The molecular weight excluding hydrogens is 336 g/mol. The van der Waals surface area contributed by atoms with Crippen LogP contribution in [0.5, 0.6) is 0 Å². The topological polar surface area (TPSA) is 48.9 Å². The van der Waals surface area contributed by atoms with Crippen molar-refractivity contribution in [3.63, 3.8) is 0 Å². The van der Waals surface area contributed by atoms with Gasteiger partial charge in [-0.15, -0.1) is 0 Å². The minimum absolute atomic E-state index is 0.295. The van der Waals surface area contributed by atoms with Gasteiger partial charge in [0.25, 0.3) is 0 Å². The fourth-order valence-corrected chi connectivity index (χ4v) is 4.45. The molecule has 1 aromatic carbocycles. The van der Waals surface area contributed by atoms with E-state index < -0.39 is 8.32 Å². The lowest BCUT2D eigenvalue weighted by atomic mass is 10.2. The molecule has 3 rings (SSSR count). The lowest BCUT2D eigenvalue weighted by molar-refractivity contribution is 0.177. The summed E-state index contributed by atoms with van der Waals surface area (Å²) in [5, 5.41) is 6.90. The number of nitrogens with zero attached hydrogens (tertiary/aromatic N) is 2. The maximum Gasteiger partial charge on any atom is 0.217 e. The number of rotatable bonds is 5. The molecule has 0 amide bonds. The van der Waals surface area contributed by atoms with Crippen LogP contribution in [0.3, 0.4) is 0 Å². The van der Waals surface area contributed by atoms with Crippen LogP contribution in [0.15, 0.2) is 38.8 Å². The molecule has 0 bridgehead atoms. The van der Waals surface area contributed by atoms with E-state index >= 15 is 0 Å². The molecule has 2 aliphatic rings. The summed E-state index contributed by atoms with van der Waals surface area (Å²) in [6.45, 7) is 12.9. The number of anilines is 2. The highest BCUT2D eigenvalue weighted by atomic mass is 32.2. The number of aliphatic imine (C=N–C) groups is 1. The zero-order valence-corrected chi connectivity index (χ0v) is 16.8. The summed E-state index contributed by atoms with van der Waals surface area (Å²) in [5.74, 6) is 0.988. The van der Waals surface area contributed by atoms with E-state index in [4.69, 9.17) is 4.43 Å². The van der Waals surface area contributed by atoms with E-state index in [1.54, 1.807) is 11.8 Å². The Morgan fingerprint density at radius 3 is 2.67 bits per heavy atom. The standard InChI is InChI=1S/C17H26N4OSSi/c1-6-21(7-2)12-8-9-14-13(10-12)19-16-15(23-14)11-18-17(20-16)22-24(3,4)5/h8-11,17,19-20H,6-7H2,1-5H3. The summed E-state index contributed by atoms with van der Waals surface area (Å²) in [6.07, 6.45) is 1.62. The molecule has 0 radical (unpaired) electrons. The number of benzene rings is 1. The third-order valence-corrected chi connectivity index (χ3v) is 5.91. The van der Waals surface area contributed by atoms with Gasteiger partial charge >= 0.3 is 0 Å². The van der Waals surface area contributed by atoms with E-state index in [1.807, 2.05) is 6.21 Å². The van der Waals surface area contributed by atoms with E-state index in [0.29, 0.717) is 0 Å². The van der Waals surface area contributed by atoms with Gasteiger partial charge in [0.05, 0.1) is 10.6 Å². The normalized spacial score (nSPS) is 19.3. The zero-order valence-electron chi connectivity index (χ0n) is 15.0. The van der Waals surface area contributed by atoms with Crippen molar-refractivity contribution in [2.75, 3.05) is 23.3 Å². The van der Waals surface area contributed by atoms with Gasteiger partial charge in [-0.25, -0.2) is 4.99 Å². The van der Waals surface area contributed by atoms with E-state index in [0.717, 1.165) is 29.5 Å². The Morgan fingerprint density at radius 2 is 2.00 bits per heavy atom. The quantitative estimate of drug-likeness (QED) is 0.775. The maximum absolute atomic E-state index is 6.05. The second-order valence-corrected chi connectivity index (χ2v) is 12.4. The van der Waals surface area contributed by atoms with E-state index in [1.165, 1.54) is 10.6 Å². The van der Waals surface area contributed by atoms with Gasteiger partial charge in [-0.05, 0) is 51.7 Å². The Morgan fingerprint density at radius 1 is 1.25 bits per heavy atom. The smallest absolute Gasteiger partial charge is 0.217 e. The molecule has 5 nitrogen and oxygen atoms in total. The summed E-state index contributed by atoms with van der Waals surface area (Å²) >= 11 is 1.74. The first-order valence-corrected chi connectivity index (χ1v) is 12.7. The van der Waals surface area contributed by atoms with Crippen molar-refractivity contribution in [1.29, 1.82) is 0 Å². The number of nitrogens with one attached hydrogen (secondary N) is 2. The molecule has 0 saturated carbocycles. The van der Waals surface area contributed by atoms with Crippen LogP contribution >= 0.6 is 11.8 Å². The molecular formula is C17H26N4OSSi. The number of hydrogen-bond acceptors (Lipinski definition) is 6. The van der Waals surface area contributed by atoms with Crippen LogP contribution in [0.25, 0.3) is 0 Å². The number of allylic oxidation sites excluding steroid dienone is 1. The molecule has 2 N–H and O–H groups in total. The van der Waals surface area contributed by atoms with Crippen molar-refractivity contribution < 1.29 is 4.43 Å². The Kier molecular flexibility index (Phi) is 4.94. The summed E-state index contributed by atoms with van der Waals surface area (Å²) in [4.78, 5) is 9.17. The van der Waals surface area contributed by atoms with Gasteiger partial charge in [0.2, 0.25) is 6.35 Å². The van der Waals surface area contributed by atoms with Gasteiger partial charge in [-0.1, -0.05) is 11.8 Å². The average molecular weight is 363 g/mol. The highest BCUT2D eigenvalue weighted by Crippen LogP contribution is 2.41. The molecule has 7 heteroatoms. The molecule has 0 aromatic heterocycles. The molecule has 2 aliphatic heterocycles. The van der Waals surface area contributed by atoms with Crippen LogP contribution in [0.2, 0.25) is 19.6 Å². The Hall–Kier alpha value is -1.44. The summed E-state index contributed by atoms with van der Waals surface area (Å²) in [7, 11) is -1.65. The minimum Gasteiger partial charge on any atom is -0.381 e. The SMILES string of the molecule is CCN(CC)c1ccc2c(c1)NC1=C(C=NC(O[Si](C)(C)C)N1)S2. The van der Waals surface area contributed by atoms with Crippen molar-refractivity contribution >= 4 is 37.7 Å². The number of hydrogen-bond donors (Lipinski definition) is 2. The monoisotopic (exact) mass is 362 g/mol. The Bertz CT molecular complexity index is 680. The van der Waals surface area contributed by atoms with Gasteiger partial charge in [-0.2, -0.15) is 0 Å². The molecule has 0 saturated heterocycles. The van der Waals surface area contributed by atoms with Crippen molar-refractivity contribution in [1.82, 2.24) is 5.32 Å². The number of thioether (sulfide) groups is 1. The van der Waals surface area contributed by atoms with Crippen molar-refractivity contribution in [3.05, 3.63) is 28.9 Å². The molecule has 0 spiro atoms. The Balaban J connectivity index is 1.78. The summed E-state index contributed by atoms with van der Waals surface area (Å²) < 4.78 is 6.05. The molecule has 0 aliphatic carbocycles. The largest absolute Gasteiger partial charge is 0.381 e. The molecule has 1 unspecified atom stereocenters. The van der Waals surface area contributed by atoms with E-state index in [-0.39, 0.29) is 6.35 Å². The van der Waals surface area contributed by atoms with Crippen LogP contribution < -0.4 is 15.5 Å². The summed E-state index contributed by atoms with van der Waals surface area (Å²) in [5.41, 5.74) is 2.38. The van der Waals surface area contributed by atoms with Crippen LogP contribution in [-0.4, -0.2) is 34.0 Å². The Labute approximate surface area is 149 Å². The first-order chi connectivity index (χ1) is 11.4. The van der Waals surface area contributed by atoms with E-state index in [9.17, 15) is 0 Å². The highest BCUT2D eigenvalue weighted by Gasteiger charge is 2.27. The molecule has 24 heavy (non-hydrogen) atoms. The molecule has 2 heterocycles. The molecule has 130 valence electrons. The third-order valence-electron chi connectivity index (χ3n) is 3.88. The lowest BCUT2D eigenvalue weighted by Crippen LogP contribution is -2.43. The predicted octanol–water partition coefficient (Wildman–Crippen LogP) is 4.03. The zero-order chi connectivity index (χ0) is 17.3. The van der Waals surface area contributed by atoms with Crippen LogP contribution in [0.1, 0.15) is 13.8 Å². The second kappa shape index (κ2) is 6.82. The van der Waals surface area contributed by atoms with Gasteiger partial charge in [-0.3, -0.25) is 0 Å². The second-order valence-electron chi connectivity index (χ2n) is 6.82. The van der Waals surface area contributed by atoms with Crippen molar-refractivity contribution in [3.8, 4) is 0 Å². The van der Waals surface area contributed by atoms with Crippen molar-refractivity contribution in [2.24, 2.45) is 4.99 Å². The molecule has 0 fully saturated rings. The van der Waals surface area contributed by atoms with Gasteiger partial charge < -0.3 is 20.0 Å². The van der Waals surface area contributed by atoms with Gasteiger partial charge in [0.1, 0.15) is 5.82 Å². The van der Waals surface area contributed by atoms with Crippen molar-refractivity contribution in [2.45, 2.75) is 44.7 Å². The fraction of sp³-hybridized carbons (Fsp3) is 0.471. The first-order valence-electron chi connectivity index (χ1n) is 8.45. The summed E-state index contributed by atoms with van der Waals surface area (Å²) in [6, 6.07) is 6.60. The number of fused-ring (bicyclic) bond motifs is 1. The minimum atomic E-state index is -1.65. The third kappa shape index (κ3) is 3.79. The van der Waals surface area contributed by atoms with Gasteiger partial charge in [0, 0.05) is 29.9 Å². The predicted molar refractivity (Wildman–Crippen MR) is 106 cm³/mol. The lowest BCUT2D eigenvalue weighted by Gasteiger charge is -2.32. The van der Waals surface area contributed by atoms with Gasteiger partial charge in [0.15, 0.2) is 8.32 Å². The molecule has 1 aromatic rings. The van der Waals surface area contributed by atoms with Crippen LogP contribution in [0, 0.1) is 0 Å². The molecule has 1 atom stereocenters. The average Bonchev–Trinajstić information content (AvgIpc) is 2.52. The first kappa shape index (κ1) is 17.4. The fourth-order valence-electron chi connectivity index (χ4n) is 2.74. The maximum atomic E-state index is 6.05. The van der Waals surface area contributed by atoms with Crippen LogP contribution in [0.4, 0.5) is 11.4 Å².